The molecule has 82 valence electrons. The molecule has 1 aliphatic rings. The van der Waals surface area contributed by atoms with Crippen LogP contribution in [-0.4, -0.2) is 29.5 Å². The Morgan fingerprint density at radius 3 is 2.43 bits per heavy atom. The van der Waals surface area contributed by atoms with Gasteiger partial charge in [0.05, 0.1) is 12.2 Å². The highest BCUT2D eigenvalue weighted by Crippen LogP contribution is 2.28. The van der Waals surface area contributed by atoms with E-state index in [0.717, 1.165) is 12.8 Å². The molecule has 0 aromatic heterocycles. The maximum Gasteiger partial charge on any atom is 0.235 e. The Bertz CT molecular complexity index is 210. The summed E-state index contributed by atoms with van der Waals surface area (Å²) in [5, 5.41) is 2.95. The lowest BCUT2D eigenvalue weighted by Gasteiger charge is -2.40. The molecule has 0 saturated carbocycles. The first kappa shape index (κ1) is 11.8. The van der Waals surface area contributed by atoms with Gasteiger partial charge >= 0.3 is 0 Å². The van der Waals surface area contributed by atoms with Crippen LogP contribution in [0.5, 0.6) is 0 Å². The fourth-order valence-corrected chi connectivity index (χ4v) is 2.38. The molecule has 1 fully saturated rings. The molecule has 0 radical (unpaired) electrons. The van der Waals surface area contributed by atoms with E-state index in [1.54, 1.807) is 0 Å². The van der Waals surface area contributed by atoms with Gasteiger partial charge in [-0.05, 0) is 33.6 Å². The maximum absolute atomic E-state index is 11.2. The number of ether oxygens (including phenoxy) is 1. The zero-order chi connectivity index (χ0) is 10.8. The molecular formula is C10H18ClNO2. The highest BCUT2D eigenvalue weighted by Gasteiger charge is 2.35. The second kappa shape index (κ2) is 4.49. The van der Waals surface area contributed by atoms with Crippen molar-refractivity contribution in [2.75, 3.05) is 5.88 Å². The molecule has 1 amide bonds. The van der Waals surface area contributed by atoms with Crippen LogP contribution in [0.3, 0.4) is 0 Å². The van der Waals surface area contributed by atoms with Gasteiger partial charge in [0.2, 0.25) is 5.91 Å². The van der Waals surface area contributed by atoms with Crippen molar-refractivity contribution in [1.29, 1.82) is 0 Å². The predicted molar refractivity (Wildman–Crippen MR) is 56.5 cm³/mol. The average Bonchev–Trinajstić information content (AvgIpc) is 2.00. The Kier molecular flexibility index (Phi) is 3.78. The summed E-state index contributed by atoms with van der Waals surface area (Å²) in [5.41, 5.74) is -0.164. The topological polar surface area (TPSA) is 38.3 Å². The summed E-state index contributed by atoms with van der Waals surface area (Å²) < 4.78 is 5.61. The second-order valence-electron chi connectivity index (χ2n) is 4.41. The summed E-state index contributed by atoms with van der Waals surface area (Å²) >= 11 is 5.46. The zero-order valence-corrected chi connectivity index (χ0v) is 9.73. The van der Waals surface area contributed by atoms with Crippen LogP contribution in [0.15, 0.2) is 0 Å². The molecule has 1 aliphatic heterocycles. The van der Waals surface area contributed by atoms with Gasteiger partial charge in [0, 0.05) is 5.54 Å². The minimum Gasteiger partial charge on any atom is -0.375 e. The molecule has 2 unspecified atom stereocenters. The number of nitrogens with one attached hydrogen (secondary N) is 1. The summed E-state index contributed by atoms with van der Waals surface area (Å²) in [6.45, 7) is 6.11. The van der Waals surface area contributed by atoms with E-state index in [9.17, 15) is 4.79 Å². The number of hydrogen-bond donors (Lipinski definition) is 1. The number of carbonyl (C=O) groups excluding carboxylic acids is 1. The van der Waals surface area contributed by atoms with Gasteiger partial charge in [-0.15, -0.1) is 11.6 Å². The van der Waals surface area contributed by atoms with Crippen molar-refractivity contribution in [3.63, 3.8) is 0 Å². The Balaban J connectivity index is 2.58. The van der Waals surface area contributed by atoms with Crippen LogP contribution in [0.1, 0.15) is 33.6 Å². The van der Waals surface area contributed by atoms with Crippen molar-refractivity contribution >= 4 is 17.5 Å². The highest BCUT2D eigenvalue weighted by atomic mass is 35.5. The monoisotopic (exact) mass is 219 g/mol. The van der Waals surface area contributed by atoms with E-state index in [0.29, 0.717) is 0 Å². The fourth-order valence-electron chi connectivity index (χ4n) is 2.32. The van der Waals surface area contributed by atoms with E-state index in [1.807, 2.05) is 20.8 Å². The smallest absolute Gasteiger partial charge is 0.235 e. The van der Waals surface area contributed by atoms with Gasteiger partial charge in [-0.1, -0.05) is 0 Å². The predicted octanol–water partition coefficient (Wildman–Crippen LogP) is 1.69. The van der Waals surface area contributed by atoms with E-state index in [4.69, 9.17) is 16.3 Å². The molecule has 14 heavy (non-hydrogen) atoms. The molecule has 3 nitrogen and oxygen atoms in total. The molecule has 0 aliphatic carbocycles. The summed E-state index contributed by atoms with van der Waals surface area (Å²) in [7, 11) is 0. The quantitative estimate of drug-likeness (QED) is 0.718. The van der Waals surface area contributed by atoms with Crippen LogP contribution < -0.4 is 5.32 Å². The van der Waals surface area contributed by atoms with Crippen molar-refractivity contribution in [3.8, 4) is 0 Å². The van der Waals surface area contributed by atoms with E-state index in [2.05, 4.69) is 5.32 Å². The van der Waals surface area contributed by atoms with Crippen LogP contribution in [0.25, 0.3) is 0 Å². The number of halogens is 1. The molecule has 0 aromatic carbocycles. The molecule has 0 spiro atoms. The lowest BCUT2D eigenvalue weighted by molar-refractivity contribution is -0.124. The number of rotatable bonds is 2. The van der Waals surface area contributed by atoms with Gasteiger partial charge in [0.15, 0.2) is 0 Å². The van der Waals surface area contributed by atoms with Crippen molar-refractivity contribution in [2.45, 2.75) is 51.4 Å². The summed E-state index contributed by atoms with van der Waals surface area (Å²) in [4.78, 5) is 11.2. The first-order valence-electron chi connectivity index (χ1n) is 4.97. The minimum atomic E-state index is -0.164. The molecule has 0 aromatic rings. The van der Waals surface area contributed by atoms with Gasteiger partial charge in [-0.2, -0.15) is 0 Å². The Morgan fingerprint density at radius 1 is 1.50 bits per heavy atom. The lowest BCUT2D eigenvalue weighted by Crippen LogP contribution is -2.53. The summed E-state index contributed by atoms with van der Waals surface area (Å²) in [6, 6.07) is 0. The Labute approximate surface area is 90.1 Å². The van der Waals surface area contributed by atoms with Gasteiger partial charge in [0.25, 0.3) is 0 Å². The third-order valence-electron chi connectivity index (χ3n) is 2.50. The van der Waals surface area contributed by atoms with Gasteiger partial charge in [0.1, 0.15) is 5.88 Å². The van der Waals surface area contributed by atoms with Crippen molar-refractivity contribution in [3.05, 3.63) is 0 Å². The molecule has 1 heterocycles. The normalized spacial score (nSPS) is 38.0. The SMILES string of the molecule is CC1CC(C)(NC(=O)CCl)CC(C)O1. The third kappa shape index (κ3) is 3.14. The zero-order valence-electron chi connectivity index (χ0n) is 8.97. The van der Waals surface area contributed by atoms with Crippen LogP contribution >= 0.6 is 11.6 Å². The van der Waals surface area contributed by atoms with Crippen LogP contribution in [-0.2, 0) is 9.53 Å². The van der Waals surface area contributed by atoms with Gasteiger partial charge < -0.3 is 10.1 Å². The number of alkyl halides is 1. The first-order chi connectivity index (χ1) is 6.45. The third-order valence-corrected chi connectivity index (χ3v) is 2.75. The van der Waals surface area contributed by atoms with Crippen molar-refractivity contribution in [2.24, 2.45) is 0 Å². The maximum atomic E-state index is 11.2. The van der Waals surface area contributed by atoms with Crippen LogP contribution in [0.2, 0.25) is 0 Å². The highest BCUT2D eigenvalue weighted by molar-refractivity contribution is 6.27. The average molecular weight is 220 g/mol. The van der Waals surface area contributed by atoms with E-state index in [-0.39, 0.29) is 29.5 Å². The van der Waals surface area contributed by atoms with Crippen molar-refractivity contribution in [1.82, 2.24) is 5.32 Å². The lowest BCUT2D eigenvalue weighted by atomic mass is 9.86. The molecular weight excluding hydrogens is 202 g/mol. The molecule has 1 N–H and O–H groups in total. The minimum absolute atomic E-state index is 0.0270. The van der Waals surface area contributed by atoms with Crippen molar-refractivity contribution < 1.29 is 9.53 Å². The van der Waals surface area contributed by atoms with Crippen LogP contribution in [0, 0.1) is 0 Å². The number of hydrogen-bond acceptors (Lipinski definition) is 2. The fraction of sp³-hybridized carbons (Fsp3) is 0.900. The molecule has 1 rings (SSSR count). The van der Waals surface area contributed by atoms with Gasteiger partial charge in [-0.3, -0.25) is 4.79 Å². The number of amides is 1. The summed E-state index contributed by atoms with van der Waals surface area (Å²) in [5.74, 6) is -0.0744. The van der Waals surface area contributed by atoms with Crippen LogP contribution in [0.4, 0.5) is 0 Å². The standard InChI is InChI=1S/C10H18ClNO2/c1-7-4-10(3,5-8(2)14-7)12-9(13)6-11/h7-8H,4-6H2,1-3H3,(H,12,13). The molecule has 4 heteroatoms. The first-order valence-corrected chi connectivity index (χ1v) is 5.51. The van der Waals surface area contributed by atoms with E-state index in [1.165, 1.54) is 0 Å². The summed E-state index contributed by atoms with van der Waals surface area (Å²) in [6.07, 6.45) is 2.08. The van der Waals surface area contributed by atoms with E-state index >= 15 is 0 Å². The van der Waals surface area contributed by atoms with E-state index < -0.39 is 0 Å². The number of carbonyl (C=O) groups is 1. The molecule has 1 saturated heterocycles. The van der Waals surface area contributed by atoms with Gasteiger partial charge in [-0.25, -0.2) is 0 Å². The largest absolute Gasteiger partial charge is 0.375 e. The molecule has 0 bridgehead atoms. The Hall–Kier alpha value is -0.280. The second-order valence-corrected chi connectivity index (χ2v) is 4.68. The Morgan fingerprint density at radius 2 is 2.00 bits per heavy atom. The molecule has 2 atom stereocenters.